The van der Waals surface area contributed by atoms with E-state index in [0.717, 1.165) is 23.4 Å². The first-order valence-electron chi connectivity index (χ1n) is 9.01. The fourth-order valence-electron chi connectivity index (χ4n) is 2.84. The van der Waals surface area contributed by atoms with E-state index in [9.17, 15) is 9.59 Å². The second-order valence-corrected chi connectivity index (χ2v) is 6.42. The van der Waals surface area contributed by atoms with Crippen LogP contribution in [-0.2, 0) is 11.2 Å². The van der Waals surface area contributed by atoms with E-state index in [1.54, 1.807) is 29.3 Å². The number of amides is 1. The van der Waals surface area contributed by atoms with E-state index in [4.69, 9.17) is 0 Å². The van der Waals surface area contributed by atoms with Crippen molar-refractivity contribution in [1.82, 2.24) is 25.2 Å². The minimum Gasteiger partial charge on any atom is -0.374 e. The van der Waals surface area contributed by atoms with Crippen molar-refractivity contribution in [2.75, 3.05) is 32.0 Å². The minimum atomic E-state index is -0.192. The van der Waals surface area contributed by atoms with Crippen LogP contribution in [0.1, 0.15) is 12.6 Å². The van der Waals surface area contributed by atoms with Gasteiger partial charge in [-0.2, -0.15) is 0 Å². The van der Waals surface area contributed by atoms with Gasteiger partial charge in [0.25, 0.3) is 5.56 Å². The second kappa shape index (κ2) is 8.59. The second-order valence-electron chi connectivity index (χ2n) is 6.42. The lowest BCUT2D eigenvalue weighted by molar-refractivity contribution is -0.129. The molecule has 1 saturated heterocycles. The maximum Gasteiger partial charge on any atom is 0.271 e. The summed E-state index contributed by atoms with van der Waals surface area (Å²) in [4.78, 5) is 37.1. The predicted molar refractivity (Wildman–Crippen MR) is 105 cm³/mol. The summed E-state index contributed by atoms with van der Waals surface area (Å²) in [5, 5.41) is 6.17. The third-order valence-electron chi connectivity index (χ3n) is 4.42. The Morgan fingerprint density at radius 1 is 1.37 bits per heavy atom. The van der Waals surface area contributed by atoms with Crippen LogP contribution in [-0.4, -0.2) is 58.5 Å². The molecule has 0 radical (unpaired) electrons. The van der Waals surface area contributed by atoms with Gasteiger partial charge in [0.1, 0.15) is 12.0 Å². The molecule has 3 heterocycles. The number of aromatic amines is 1. The van der Waals surface area contributed by atoms with Crippen LogP contribution >= 0.6 is 0 Å². The van der Waals surface area contributed by atoms with E-state index in [-0.39, 0.29) is 17.5 Å². The van der Waals surface area contributed by atoms with Crippen LogP contribution in [0.25, 0.3) is 11.3 Å². The number of rotatable bonds is 7. The molecule has 1 aliphatic rings. The summed E-state index contributed by atoms with van der Waals surface area (Å²) >= 11 is 0. The number of hydrogen-bond donors (Lipinski definition) is 3. The molecule has 0 bridgehead atoms. The normalized spacial score (nSPS) is 14.4. The number of aryl methyl sites for hydroxylation is 1. The number of pyridine rings is 1. The lowest BCUT2D eigenvalue weighted by Gasteiger charge is -2.39. The summed E-state index contributed by atoms with van der Waals surface area (Å²) in [6.07, 6.45) is 7.37. The van der Waals surface area contributed by atoms with Crippen LogP contribution in [0.5, 0.6) is 0 Å². The fourth-order valence-corrected chi connectivity index (χ4v) is 2.84. The van der Waals surface area contributed by atoms with E-state index in [1.165, 1.54) is 6.33 Å². The number of anilines is 1. The average molecular weight is 368 g/mol. The Balaban J connectivity index is 1.65. The number of likely N-dealkylation sites (N-methyl/N-ethyl adjacent to an activating group) is 1. The van der Waals surface area contributed by atoms with Gasteiger partial charge in [-0.15, -0.1) is 0 Å². The number of likely N-dealkylation sites (tertiary alicyclic amines) is 1. The summed E-state index contributed by atoms with van der Waals surface area (Å²) in [5.41, 5.74) is 2.81. The van der Waals surface area contributed by atoms with Crippen molar-refractivity contribution in [3.05, 3.63) is 52.9 Å². The van der Waals surface area contributed by atoms with Gasteiger partial charge in [0.15, 0.2) is 0 Å². The van der Waals surface area contributed by atoms with Gasteiger partial charge >= 0.3 is 0 Å². The monoisotopic (exact) mass is 368 g/mol. The Labute approximate surface area is 157 Å². The quantitative estimate of drug-likeness (QED) is 0.625. The number of aromatic nitrogens is 3. The highest BCUT2D eigenvalue weighted by atomic mass is 16.2. The van der Waals surface area contributed by atoms with E-state index in [2.05, 4.69) is 25.6 Å². The van der Waals surface area contributed by atoms with Gasteiger partial charge in [0.05, 0.1) is 11.7 Å². The molecule has 3 N–H and O–H groups in total. The van der Waals surface area contributed by atoms with Crippen LogP contribution in [0.2, 0.25) is 0 Å². The summed E-state index contributed by atoms with van der Waals surface area (Å²) in [6, 6.07) is 3.76. The first-order chi connectivity index (χ1) is 13.1. The summed E-state index contributed by atoms with van der Waals surface area (Å²) in [5.74, 6) is -0.0148. The molecule has 2 aromatic rings. The van der Waals surface area contributed by atoms with E-state index < -0.39 is 0 Å². The van der Waals surface area contributed by atoms with Gasteiger partial charge in [0, 0.05) is 43.2 Å². The van der Waals surface area contributed by atoms with Crippen molar-refractivity contribution < 1.29 is 4.79 Å². The number of nitrogens with zero attached hydrogens (tertiary/aromatic N) is 3. The smallest absolute Gasteiger partial charge is 0.271 e. The summed E-state index contributed by atoms with van der Waals surface area (Å²) in [6.45, 7) is 3.83. The molecule has 2 aromatic heterocycles. The molecule has 1 aliphatic heterocycles. The molecule has 8 nitrogen and oxygen atoms in total. The first-order valence-corrected chi connectivity index (χ1v) is 9.01. The van der Waals surface area contributed by atoms with Crippen LogP contribution in [0.3, 0.4) is 0 Å². The van der Waals surface area contributed by atoms with Gasteiger partial charge in [-0.3, -0.25) is 9.59 Å². The first kappa shape index (κ1) is 18.8. The molecule has 0 saturated carbocycles. The zero-order valence-corrected chi connectivity index (χ0v) is 15.5. The Kier molecular flexibility index (Phi) is 5.97. The highest BCUT2D eigenvalue weighted by Gasteiger charge is 2.29. The Bertz CT molecular complexity index is 886. The molecular formula is C19H24N6O2. The molecule has 1 amide bonds. The zero-order valence-electron chi connectivity index (χ0n) is 15.5. The summed E-state index contributed by atoms with van der Waals surface area (Å²) < 4.78 is 0. The van der Waals surface area contributed by atoms with Crippen LogP contribution in [0.4, 0.5) is 5.69 Å². The molecule has 0 unspecified atom stereocenters. The molecule has 0 aliphatic carbocycles. The molecule has 27 heavy (non-hydrogen) atoms. The number of nitrogens with one attached hydrogen (secondary N) is 3. The van der Waals surface area contributed by atoms with Crippen LogP contribution in [0, 0.1) is 0 Å². The Morgan fingerprint density at radius 3 is 2.93 bits per heavy atom. The van der Waals surface area contributed by atoms with Crippen LogP contribution < -0.4 is 16.2 Å². The molecule has 0 spiro atoms. The van der Waals surface area contributed by atoms with Gasteiger partial charge in [-0.25, -0.2) is 9.97 Å². The topological polar surface area (TPSA) is 103 Å². The maximum absolute atomic E-state index is 12.1. The van der Waals surface area contributed by atoms with E-state index >= 15 is 0 Å². The van der Waals surface area contributed by atoms with Gasteiger partial charge < -0.3 is 20.5 Å². The number of carbonyl (C=O) groups excluding carboxylic acids is 1. The lowest BCUT2D eigenvalue weighted by atomic mass is 10.1. The van der Waals surface area contributed by atoms with Crippen molar-refractivity contribution in [2.45, 2.75) is 19.4 Å². The largest absolute Gasteiger partial charge is 0.374 e. The van der Waals surface area contributed by atoms with Crippen molar-refractivity contribution in [3.8, 4) is 11.3 Å². The number of H-pyrrole nitrogens is 1. The van der Waals surface area contributed by atoms with Crippen LogP contribution in [0.15, 0.2) is 41.6 Å². The van der Waals surface area contributed by atoms with Gasteiger partial charge in [0.2, 0.25) is 5.91 Å². The Morgan fingerprint density at radius 2 is 2.19 bits per heavy atom. The molecule has 1 fully saturated rings. The standard InChI is InChI=1S/C19H24N6O2/c1-3-14-8-16(23-12-22-14)13-7-17(19(27)21-9-13)24-15-10-25(11-15)18(26)5-4-6-20-2/h4-5,7-9,12,15,20,24H,3,6,10-11H2,1-2H3,(H,21,27)/b5-4+. The Hall–Kier alpha value is -3.00. The van der Waals surface area contributed by atoms with Crippen molar-refractivity contribution >= 4 is 11.6 Å². The van der Waals surface area contributed by atoms with E-state index in [0.29, 0.717) is 25.3 Å². The third kappa shape index (κ3) is 4.59. The summed E-state index contributed by atoms with van der Waals surface area (Å²) in [7, 11) is 1.83. The molecule has 0 aromatic carbocycles. The fraction of sp³-hybridized carbons (Fsp3) is 0.368. The van der Waals surface area contributed by atoms with Crippen molar-refractivity contribution in [1.29, 1.82) is 0 Å². The molecule has 142 valence electrons. The maximum atomic E-state index is 12.1. The zero-order chi connectivity index (χ0) is 19.2. The SMILES string of the molecule is CCc1cc(-c2c[nH]c(=O)c(NC3CN(C(=O)/C=C/CNC)C3)c2)ncn1. The molecule has 0 atom stereocenters. The van der Waals surface area contributed by atoms with Crippen molar-refractivity contribution in [2.24, 2.45) is 0 Å². The lowest BCUT2D eigenvalue weighted by Crippen LogP contribution is -2.57. The highest BCUT2D eigenvalue weighted by molar-refractivity contribution is 5.88. The number of hydrogen-bond acceptors (Lipinski definition) is 6. The number of carbonyl (C=O) groups is 1. The van der Waals surface area contributed by atoms with Gasteiger partial charge in [-0.05, 0) is 25.6 Å². The highest BCUT2D eigenvalue weighted by Crippen LogP contribution is 2.20. The molecular weight excluding hydrogens is 344 g/mol. The van der Waals surface area contributed by atoms with Gasteiger partial charge in [-0.1, -0.05) is 13.0 Å². The third-order valence-corrected chi connectivity index (χ3v) is 4.42. The van der Waals surface area contributed by atoms with Crippen molar-refractivity contribution in [3.63, 3.8) is 0 Å². The predicted octanol–water partition coefficient (Wildman–Crippen LogP) is 0.793. The van der Waals surface area contributed by atoms with E-state index in [1.807, 2.05) is 20.0 Å². The average Bonchev–Trinajstić information content (AvgIpc) is 2.65. The molecule has 8 heteroatoms. The molecule has 3 rings (SSSR count). The minimum absolute atomic E-state index is 0.0148.